The lowest BCUT2D eigenvalue weighted by Gasteiger charge is -2.13. The van der Waals surface area contributed by atoms with Crippen molar-refractivity contribution in [1.29, 1.82) is 0 Å². The van der Waals surface area contributed by atoms with E-state index in [0.717, 1.165) is 17.7 Å². The number of carbonyl (C=O) groups excluding carboxylic acids is 1. The molecule has 5 nitrogen and oxygen atoms in total. The van der Waals surface area contributed by atoms with Crippen molar-refractivity contribution in [2.45, 2.75) is 30.0 Å². The minimum Gasteiger partial charge on any atom is -0.351 e. The van der Waals surface area contributed by atoms with Crippen molar-refractivity contribution < 1.29 is 13.2 Å². The summed E-state index contributed by atoms with van der Waals surface area (Å²) < 4.78 is 26.9. The average Bonchev–Trinajstić information content (AvgIpc) is 3.28. The van der Waals surface area contributed by atoms with Crippen molar-refractivity contribution in [2.24, 2.45) is 0 Å². The first-order valence-electron chi connectivity index (χ1n) is 8.16. The van der Waals surface area contributed by atoms with E-state index in [-0.39, 0.29) is 18.9 Å². The highest BCUT2D eigenvalue weighted by atomic mass is 35.5. The second-order valence-corrected chi connectivity index (χ2v) is 10.1. The molecule has 0 bridgehead atoms. The van der Waals surface area contributed by atoms with Crippen LogP contribution < -0.4 is 5.32 Å². The highest BCUT2D eigenvalue weighted by Gasteiger charge is 2.28. The van der Waals surface area contributed by atoms with Gasteiger partial charge < -0.3 is 5.32 Å². The molecule has 1 amide bonds. The van der Waals surface area contributed by atoms with Crippen LogP contribution in [0.15, 0.2) is 34.5 Å². The minimum absolute atomic E-state index is 0.0722. The van der Waals surface area contributed by atoms with Gasteiger partial charge in [0.2, 0.25) is 5.91 Å². The number of hydrogen-bond acceptors (Lipinski definition) is 4. The van der Waals surface area contributed by atoms with E-state index in [1.54, 1.807) is 30.3 Å². The Morgan fingerprint density at radius 3 is 2.42 bits per heavy atom. The summed E-state index contributed by atoms with van der Waals surface area (Å²) in [6.45, 7) is 1.41. The van der Waals surface area contributed by atoms with E-state index < -0.39 is 10.0 Å². The molecule has 1 saturated heterocycles. The Kier molecular flexibility index (Phi) is 6.25. The number of rotatable bonds is 6. The molecule has 140 valence electrons. The lowest BCUT2D eigenvalue weighted by atomic mass is 10.1. The predicted octanol–water partition coefficient (Wildman–Crippen LogP) is 3.70. The Morgan fingerprint density at radius 1 is 1.12 bits per heavy atom. The molecule has 26 heavy (non-hydrogen) atoms. The van der Waals surface area contributed by atoms with Crippen LogP contribution in [0.1, 0.15) is 23.3 Å². The van der Waals surface area contributed by atoms with Crippen LogP contribution in [0.25, 0.3) is 0 Å². The molecule has 0 unspecified atom stereocenters. The van der Waals surface area contributed by atoms with Crippen molar-refractivity contribution in [2.75, 3.05) is 13.1 Å². The molecule has 3 rings (SSSR count). The fourth-order valence-electron chi connectivity index (χ4n) is 2.76. The Bertz CT molecular complexity index is 886. The molecule has 0 atom stereocenters. The lowest BCUT2D eigenvalue weighted by molar-refractivity contribution is -0.120. The average molecular weight is 433 g/mol. The van der Waals surface area contributed by atoms with Crippen LogP contribution in [0.2, 0.25) is 10.0 Å². The topological polar surface area (TPSA) is 66.5 Å². The number of thiophene rings is 1. The van der Waals surface area contributed by atoms with Crippen LogP contribution in [0.4, 0.5) is 0 Å². The highest BCUT2D eigenvalue weighted by molar-refractivity contribution is 7.91. The molecule has 2 heterocycles. The molecule has 1 aliphatic heterocycles. The Hall–Kier alpha value is -1.12. The van der Waals surface area contributed by atoms with Gasteiger partial charge in [0.05, 0.1) is 13.0 Å². The largest absolute Gasteiger partial charge is 0.351 e. The van der Waals surface area contributed by atoms with Crippen LogP contribution in [0, 0.1) is 0 Å². The predicted molar refractivity (Wildman–Crippen MR) is 104 cm³/mol. The van der Waals surface area contributed by atoms with Crippen LogP contribution in [0.5, 0.6) is 0 Å². The smallest absolute Gasteiger partial charge is 0.252 e. The van der Waals surface area contributed by atoms with Crippen molar-refractivity contribution in [1.82, 2.24) is 9.62 Å². The fraction of sp³-hybridized carbons (Fsp3) is 0.353. The van der Waals surface area contributed by atoms with Gasteiger partial charge in [-0.3, -0.25) is 4.79 Å². The second kappa shape index (κ2) is 8.27. The molecule has 0 spiro atoms. The van der Waals surface area contributed by atoms with Crippen LogP contribution in [-0.2, 0) is 27.8 Å². The Labute approximate surface area is 167 Å². The van der Waals surface area contributed by atoms with E-state index in [4.69, 9.17) is 23.2 Å². The van der Waals surface area contributed by atoms with Gasteiger partial charge in [0.15, 0.2) is 0 Å². The first-order valence-corrected chi connectivity index (χ1v) is 11.2. The number of halogens is 2. The van der Waals surface area contributed by atoms with Crippen molar-refractivity contribution >= 4 is 50.5 Å². The summed E-state index contributed by atoms with van der Waals surface area (Å²) in [6.07, 6.45) is 1.87. The molecule has 1 aromatic heterocycles. The monoisotopic (exact) mass is 432 g/mol. The minimum atomic E-state index is -3.41. The van der Waals surface area contributed by atoms with Gasteiger partial charge in [0, 0.05) is 28.0 Å². The Morgan fingerprint density at radius 2 is 1.77 bits per heavy atom. The highest BCUT2D eigenvalue weighted by Crippen LogP contribution is 2.28. The van der Waals surface area contributed by atoms with E-state index >= 15 is 0 Å². The van der Waals surface area contributed by atoms with E-state index in [1.807, 2.05) is 0 Å². The third-order valence-electron chi connectivity index (χ3n) is 4.15. The first-order chi connectivity index (χ1) is 12.4. The van der Waals surface area contributed by atoms with E-state index in [1.165, 1.54) is 15.6 Å². The quantitative estimate of drug-likeness (QED) is 0.756. The van der Waals surface area contributed by atoms with Gasteiger partial charge in [-0.15, -0.1) is 11.3 Å². The number of nitrogens with zero attached hydrogens (tertiary/aromatic N) is 1. The lowest BCUT2D eigenvalue weighted by Crippen LogP contribution is -2.27. The maximum atomic E-state index is 12.5. The molecule has 1 N–H and O–H groups in total. The first kappa shape index (κ1) is 19.6. The molecule has 1 aliphatic rings. The number of carbonyl (C=O) groups is 1. The molecule has 1 aromatic carbocycles. The van der Waals surface area contributed by atoms with Gasteiger partial charge in [0.25, 0.3) is 10.0 Å². The third-order valence-corrected chi connectivity index (χ3v) is 8.31. The molecular formula is C17H18Cl2N2O3S2. The zero-order valence-corrected chi connectivity index (χ0v) is 17.0. The third kappa shape index (κ3) is 4.40. The van der Waals surface area contributed by atoms with Crippen molar-refractivity contribution in [3.8, 4) is 0 Å². The van der Waals surface area contributed by atoms with Crippen LogP contribution >= 0.6 is 34.5 Å². The summed E-state index contributed by atoms with van der Waals surface area (Å²) in [7, 11) is -3.41. The molecule has 2 aromatic rings. The SMILES string of the molecule is O=C(Cc1c(Cl)cccc1Cl)NCc1ccc(S(=O)(=O)N2CCCC2)s1. The van der Waals surface area contributed by atoms with Crippen LogP contribution in [0.3, 0.4) is 0 Å². The second-order valence-electron chi connectivity index (χ2n) is 5.99. The zero-order chi connectivity index (χ0) is 18.7. The molecule has 0 radical (unpaired) electrons. The Balaban J connectivity index is 1.60. The maximum Gasteiger partial charge on any atom is 0.252 e. The maximum absolute atomic E-state index is 12.5. The van der Waals surface area contributed by atoms with Gasteiger partial charge in [-0.25, -0.2) is 8.42 Å². The summed E-state index contributed by atoms with van der Waals surface area (Å²) >= 11 is 13.3. The van der Waals surface area contributed by atoms with Gasteiger partial charge >= 0.3 is 0 Å². The van der Waals surface area contributed by atoms with E-state index in [2.05, 4.69) is 5.32 Å². The van der Waals surface area contributed by atoms with Gasteiger partial charge in [-0.05, 0) is 42.7 Å². The van der Waals surface area contributed by atoms with E-state index in [0.29, 0.717) is 32.9 Å². The summed E-state index contributed by atoms with van der Waals surface area (Å²) in [6, 6.07) is 8.43. The van der Waals surface area contributed by atoms with Gasteiger partial charge in [-0.2, -0.15) is 4.31 Å². The summed E-state index contributed by atoms with van der Waals surface area (Å²) in [5.41, 5.74) is 0.580. The molecule has 0 saturated carbocycles. The number of sulfonamides is 1. The molecule has 1 fully saturated rings. The zero-order valence-electron chi connectivity index (χ0n) is 13.9. The van der Waals surface area contributed by atoms with Crippen molar-refractivity contribution in [3.05, 3.63) is 50.8 Å². The number of benzene rings is 1. The standard InChI is InChI=1S/C17H18Cl2N2O3S2/c18-14-4-3-5-15(19)13(14)10-16(22)20-11-12-6-7-17(25-12)26(23,24)21-8-1-2-9-21/h3-7H,1-2,8-11H2,(H,20,22). The van der Waals surface area contributed by atoms with E-state index in [9.17, 15) is 13.2 Å². The molecular weight excluding hydrogens is 415 g/mol. The molecule has 9 heteroatoms. The van der Waals surface area contributed by atoms with Gasteiger partial charge in [-0.1, -0.05) is 29.3 Å². The summed E-state index contributed by atoms with van der Waals surface area (Å²) in [5.74, 6) is -0.225. The molecule has 0 aliphatic carbocycles. The summed E-state index contributed by atoms with van der Waals surface area (Å²) in [5, 5.41) is 3.68. The number of amides is 1. The number of hydrogen-bond donors (Lipinski definition) is 1. The normalized spacial score (nSPS) is 15.3. The summed E-state index contributed by atoms with van der Waals surface area (Å²) in [4.78, 5) is 12.9. The fourth-order valence-corrected chi connectivity index (χ4v) is 6.26. The van der Waals surface area contributed by atoms with Crippen molar-refractivity contribution in [3.63, 3.8) is 0 Å². The number of nitrogens with one attached hydrogen (secondary N) is 1. The van der Waals surface area contributed by atoms with Crippen LogP contribution in [-0.4, -0.2) is 31.7 Å². The van der Waals surface area contributed by atoms with Gasteiger partial charge in [0.1, 0.15) is 4.21 Å².